The quantitative estimate of drug-likeness (QED) is 0.592. The molecule has 2 heterocycles. The first kappa shape index (κ1) is 19.5. The number of piperidine rings is 1. The molecule has 1 atom stereocenters. The molecule has 1 aliphatic heterocycles. The minimum absolute atomic E-state index is 0.0218. The highest BCUT2D eigenvalue weighted by molar-refractivity contribution is 6.05. The molecule has 158 valence electrons. The lowest BCUT2D eigenvalue weighted by molar-refractivity contribution is 0.0920. The van der Waals surface area contributed by atoms with Gasteiger partial charge in [0, 0.05) is 30.1 Å². The molecular weight excluding hydrogens is 388 g/mol. The highest BCUT2D eigenvalue weighted by Crippen LogP contribution is 2.43. The first-order valence-electron chi connectivity index (χ1n) is 10.9. The maximum Gasteiger partial charge on any atom is 0.336 e. The molecule has 1 saturated heterocycles. The number of nitrogens with one attached hydrogen (secondary N) is 2. The maximum atomic E-state index is 12.9. The number of aromatic nitrogens is 1. The van der Waals surface area contributed by atoms with Crippen LogP contribution in [0.4, 0.5) is 4.79 Å². The second-order valence-corrected chi connectivity index (χ2v) is 8.58. The number of pyridine rings is 1. The van der Waals surface area contributed by atoms with Crippen molar-refractivity contribution in [3.63, 3.8) is 0 Å². The molecule has 1 fully saturated rings. The normalized spacial score (nSPS) is 20.3. The minimum Gasteiger partial charge on any atom is -0.323 e. The molecule has 3 amide bonds. The van der Waals surface area contributed by atoms with Crippen molar-refractivity contribution >= 4 is 22.8 Å². The van der Waals surface area contributed by atoms with Crippen molar-refractivity contribution in [2.75, 3.05) is 13.1 Å². The second-order valence-electron chi connectivity index (χ2n) is 8.58. The Morgan fingerprint density at radius 1 is 0.935 bits per heavy atom. The zero-order valence-electron chi connectivity index (χ0n) is 17.4. The zero-order chi connectivity index (χ0) is 21.3. The molecule has 2 N–H and O–H groups in total. The number of nitrogens with zero attached hydrogens (tertiary/aromatic N) is 2. The van der Waals surface area contributed by atoms with E-state index in [4.69, 9.17) is 0 Å². The number of carbonyl (C=O) groups excluding carboxylic acids is 2. The molecule has 6 heteroatoms. The topological polar surface area (TPSA) is 74.3 Å². The van der Waals surface area contributed by atoms with Gasteiger partial charge >= 0.3 is 6.03 Å². The predicted molar refractivity (Wildman–Crippen MR) is 120 cm³/mol. The maximum absolute atomic E-state index is 12.9. The number of hydrogen-bond donors (Lipinski definition) is 2. The monoisotopic (exact) mass is 414 g/mol. The number of hydrogen-bond acceptors (Lipinski definition) is 3. The van der Waals surface area contributed by atoms with Crippen LogP contribution in [-0.4, -0.2) is 34.9 Å². The first-order chi connectivity index (χ1) is 15.2. The fourth-order valence-electron chi connectivity index (χ4n) is 5.28. The number of benzene rings is 2. The lowest BCUT2D eigenvalue weighted by atomic mass is 9.66. The number of hydrazine groups is 1. The SMILES string of the molecule is O=C(NNC(=O)N1CCCC2(CCCc3ccccc32)C1)c1cccc2cccnc12. The van der Waals surface area contributed by atoms with Crippen LogP contribution >= 0.6 is 0 Å². The van der Waals surface area contributed by atoms with E-state index in [2.05, 4.69) is 40.1 Å². The van der Waals surface area contributed by atoms with Gasteiger partial charge in [0.25, 0.3) is 5.91 Å². The summed E-state index contributed by atoms with van der Waals surface area (Å²) >= 11 is 0. The summed E-state index contributed by atoms with van der Waals surface area (Å²) in [6, 6.07) is 17.6. The smallest absolute Gasteiger partial charge is 0.323 e. The Kier molecular flexibility index (Phi) is 5.06. The third-order valence-electron chi connectivity index (χ3n) is 6.71. The number of carbonyl (C=O) groups is 2. The summed E-state index contributed by atoms with van der Waals surface area (Å²) in [5, 5.41) is 0.885. The molecule has 0 bridgehead atoms. The van der Waals surface area contributed by atoms with Gasteiger partial charge in [-0.1, -0.05) is 42.5 Å². The molecule has 2 aromatic carbocycles. The number of urea groups is 1. The van der Waals surface area contributed by atoms with E-state index in [1.807, 2.05) is 29.2 Å². The Hall–Kier alpha value is -3.41. The first-order valence-corrected chi connectivity index (χ1v) is 10.9. The van der Waals surface area contributed by atoms with Gasteiger partial charge in [0.1, 0.15) is 0 Å². The molecule has 31 heavy (non-hydrogen) atoms. The van der Waals surface area contributed by atoms with Gasteiger partial charge in [-0.15, -0.1) is 0 Å². The lowest BCUT2D eigenvalue weighted by Crippen LogP contribution is -2.55. The fraction of sp³-hybridized carbons (Fsp3) is 0.320. The number of para-hydroxylation sites is 1. The summed E-state index contributed by atoms with van der Waals surface area (Å²) in [6.07, 6.45) is 7.08. The summed E-state index contributed by atoms with van der Waals surface area (Å²) in [5.74, 6) is -0.368. The molecule has 2 aliphatic rings. The Bertz CT molecular complexity index is 1140. The summed E-state index contributed by atoms with van der Waals surface area (Å²) in [4.78, 5) is 31.8. The van der Waals surface area contributed by atoms with E-state index in [0.717, 1.165) is 37.5 Å². The molecule has 0 radical (unpaired) electrons. The fourth-order valence-corrected chi connectivity index (χ4v) is 5.28. The molecule has 5 rings (SSSR count). The average molecular weight is 415 g/mol. The van der Waals surface area contributed by atoms with Gasteiger partial charge in [0.05, 0.1) is 11.1 Å². The van der Waals surface area contributed by atoms with Crippen molar-refractivity contribution in [1.29, 1.82) is 0 Å². The van der Waals surface area contributed by atoms with Gasteiger partial charge in [-0.25, -0.2) is 10.2 Å². The standard InChI is InChI=1S/C25H26N4O2/c30-23(20-11-3-8-19-10-5-15-26-22(19)20)27-28-24(31)29-16-6-14-25(17-29)13-4-9-18-7-1-2-12-21(18)25/h1-3,5,7-8,10-12,15H,4,6,9,13-14,16-17H2,(H,27,30)(H,28,31). The van der Waals surface area contributed by atoms with Crippen LogP contribution in [0.3, 0.4) is 0 Å². The lowest BCUT2D eigenvalue weighted by Gasteiger charge is -2.46. The molecule has 0 saturated carbocycles. The van der Waals surface area contributed by atoms with E-state index < -0.39 is 0 Å². The van der Waals surface area contributed by atoms with Crippen LogP contribution in [0, 0.1) is 0 Å². The molecule has 1 spiro atoms. The second kappa shape index (κ2) is 8.02. The number of likely N-dealkylation sites (tertiary alicyclic amines) is 1. The summed E-state index contributed by atoms with van der Waals surface area (Å²) in [7, 11) is 0. The number of rotatable bonds is 1. The zero-order valence-corrected chi connectivity index (χ0v) is 17.4. The van der Waals surface area contributed by atoms with Gasteiger partial charge in [0.15, 0.2) is 0 Å². The molecule has 1 aliphatic carbocycles. The van der Waals surface area contributed by atoms with Crippen LogP contribution in [0.25, 0.3) is 10.9 Å². The van der Waals surface area contributed by atoms with Crippen molar-refractivity contribution in [3.05, 3.63) is 77.5 Å². The average Bonchev–Trinajstić information content (AvgIpc) is 2.82. The van der Waals surface area contributed by atoms with E-state index in [9.17, 15) is 9.59 Å². The third-order valence-corrected chi connectivity index (χ3v) is 6.71. The Balaban J connectivity index is 1.29. The van der Waals surface area contributed by atoms with E-state index in [-0.39, 0.29) is 17.4 Å². The van der Waals surface area contributed by atoms with Crippen molar-refractivity contribution < 1.29 is 9.59 Å². The summed E-state index contributed by atoms with van der Waals surface area (Å²) < 4.78 is 0. The van der Waals surface area contributed by atoms with Crippen molar-refractivity contribution in [1.82, 2.24) is 20.7 Å². The van der Waals surface area contributed by atoms with Crippen LogP contribution in [0.2, 0.25) is 0 Å². The van der Waals surface area contributed by atoms with Gasteiger partial charge in [-0.2, -0.15) is 0 Å². The number of fused-ring (bicyclic) bond motifs is 3. The van der Waals surface area contributed by atoms with Crippen LogP contribution in [0.1, 0.15) is 47.2 Å². The number of amides is 3. The van der Waals surface area contributed by atoms with Crippen molar-refractivity contribution in [2.45, 2.75) is 37.5 Å². The molecule has 1 unspecified atom stereocenters. The van der Waals surface area contributed by atoms with E-state index in [0.29, 0.717) is 24.2 Å². The van der Waals surface area contributed by atoms with Crippen LogP contribution in [0.15, 0.2) is 60.8 Å². The van der Waals surface area contributed by atoms with Gasteiger partial charge in [-0.3, -0.25) is 15.2 Å². The molecule has 3 aromatic rings. The van der Waals surface area contributed by atoms with Crippen molar-refractivity contribution in [3.8, 4) is 0 Å². The minimum atomic E-state index is -0.368. The van der Waals surface area contributed by atoms with Gasteiger partial charge in [0.2, 0.25) is 0 Å². The Morgan fingerprint density at radius 3 is 2.71 bits per heavy atom. The number of aryl methyl sites for hydroxylation is 1. The molecular formula is C25H26N4O2. The van der Waals surface area contributed by atoms with E-state index in [1.54, 1.807) is 12.3 Å². The highest BCUT2D eigenvalue weighted by atomic mass is 16.2. The van der Waals surface area contributed by atoms with Gasteiger partial charge in [-0.05, 0) is 55.4 Å². The predicted octanol–water partition coefficient (Wildman–Crippen LogP) is 3.96. The Labute approximate surface area is 181 Å². The van der Waals surface area contributed by atoms with Gasteiger partial charge < -0.3 is 4.90 Å². The largest absolute Gasteiger partial charge is 0.336 e. The molecule has 1 aromatic heterocycles. The summed E-state index contributed by atoms with van der Waals surface area (Å²) in [5.41, 5.74) is 9.08. The van der Waals surface area contributed by atoms with Crippen LogP contribution < -0.4 is 10.9 Å². The highest BCUT2D eigenvalue weighted by Gasteiger charge is 2.41. The van der Waals surface area contributed by atoms with Crippen LogP contribution in [0.5, 0.6) is 0 Å². The molecule has 6 nitrogen and oxygen atoms in total. The Morgan fingerprint density at radius 2 is 1.77 bits per heavy atom. The summed E-state index contributed by atoms with van der Waals surface area (Å²) in [6.45, 7) is 1.38. The van der Waals surface area contributed by atoms with Crippen LogP contribution in [-0.2, 0) is 11.8 Å². The van der Waals surface area contributed by atoms with E-state index >= 15 is 0 Å². The third kappa shape index (κ3) is 3.63. The van der Waals surface area contributed by atoms with E-state index in [1.165, 1.54) is 11.1 Å². The van der Waals surface area contributed by atoms with Crippen molar-refractivity contribution in [2.24, 2.45) is 0 Å².